The number of nitrogens with one attached hydrogen (secondary N) is 1. The van der Waals surface area contributed by atoms with E-state index in [1.165, 1.54) is 23.1 Å². The Labute approximate surface area is 171 Å². The van der Waals surface area contributed by atoms with Gasteiger partial charge in [0.05, 0.1) is 17.0 Å². The van der Waals surface area contributed by atoms with E-state index in [0.29, 0.717) is 10.9 Å². The monoisotopic (exact) mass is 415 g/mol. The standard InChI is InChI=1S/C20H21N3O3S2/c1-11-5-12-6-14-15(26-10-25-14)7-13(12)21-18(11)27-9-17(24)23-19-22-16(8-28-19)20(2,3)4/h5-8H,9-10H2,1-4H3,(H,22,23,24). The van der Waals surface area contributed by atoms with Gasteiger partial charge >= 0.3 is 0 Å². The molecule has 8 heteroatoms. The summed E-state index contributed by atoms with van der Waals surface area (Å²) in [6.07, 6.45) is 0. The van der Waals surface area contributed by atoms with Gasteiger partial charge in [0.1, 0.15) is 5.03 Å². The number of hydrogen-bond acceptors (Lipinski definition) is 7. The molecular weight excluding hydrogens is 394 g/mol. The average molecular weight is 416 g/mol. The van der Waals surface area contributed by atoms with E-state index >= 15 is 0 Å². The van der Waals surface area contributed by atoms with Crippen LogP contribution in [0.5, 0.6) is 11.5 Å². The molecular formula is C20H21N3O3S2. The first-order chi connectivity index (χ1) is 13.3. The van der Waals surface area contributed by atoms with Crippen LogP contribution in [0.3, 0.4) is 0 Å². The van der Waals surface area contributed by atoms with Crippen LogP contribution >= 0.6 is 23.1 Å². The van der Waals surface area contributed by atoms with E-state index in [9.17, 15) is 4.79 Å². The predicted molar refractivity (Wildman–Crippen MR) is 113 cm³/mol. The number of thiazole rings is 1. The molecule has 1 aromatic carbocycles. The van der Waals surface area contributed by atoms with Gasteiger partial charge in [-0.3, -0.25) is 4.79 Å². The number of benzene rings is 1. The van der Waals surface area contributed by atoms with Crippen molar-refractivity contribution < 1.29 is 14.3 Å². The minimum Gasteiger partial charge on any atom is -0.454 e. The first kappa shape index (κ1) is 19.0. The lowest BCUT2D eigenvalue weighted by atomic mass is 9.93. The van der Waals surface area contributed by atoms with Crippen molar-refractivity contribution in [3.05, 3.63) is 34.8 Å². The highest BCUT2D eigenvalue weighted by Crippen LogP contribution is 2.37. The summed E-state index contributed by atoms with van der Waals surface area (Å²) < 4.78 is 10.8. The Bertz CT molecular complexity index is 1060. The summed E-state index contributed by atoms with van der Waals surface area (Å²) in [6, 6.07) is 5.87. The molecule has 0 fully saturated rings. The van der Waals surface area contributed by atoms with Gasteiger partial charge in [-0.25, -0.2) is 9.97 Å². The Hall–Kier alpha value is -2.32. The van der Waals surface area contributed by atoms with E-state index in [-0.39, 0.29) is 23.9 Å². The van der Waals surface area contributed by atoms with Crippen molar-refractivity contribution in [3.63, 3.8) is 0 Å². The van der Waals surface area contributed by atoms with Gasteiger partial charge in [-0.2, -0.15) is 0 Å². The Morgan fingerprint density at radius 1 is 1.21 bits per heavy atom. The molecule has 0 saturated heterocycles. The highest BCUT2D eigenvalue weighted by molar-refractivity contribution is 8.00. The fraction of sp³-hybridized carbons (Fsp3) is 0.350. The number of rotatable bonds is 4. The molecule has 3 heterocycles. The molecule has 0 atom stereocenters. The molecule has 0 saturated carbocycles. The van der Waals surface area contributed by atoms with Crippen LogP contribution in [0.15, 0.2) is 28.6 Å². The molecule has 3 aromatic rings. The Balaban J connectivity index is 1.44. The molecule has 1 N–H and O–H groups in total. The van der Waals surface area contributed by atoms with E-state index in [1.807, 2.05) is 24.4 Å². The SMILES string of the molecule is Cc1cc2cc3c(cc2nc1SCC(=O)Nc1nc(C(C)(C)C)cs1)OCO3. The second kappa shape index (κ2) is 7.25. The number of nitrogens with zero attached hydrogens (tertiary/aromatic N) is 2. The predicted octanol–water partition coefficient (Wildman–Crippen LogP) is 4.76. The van der Waals surface area contributed by atoms with E-state index in [1.54, 1.807) is 0 Å². The minimum atomic E-state index is -0.0909. The fourth-order valence-electron chi connectivity index (χ4n) is 2.76. The molecule has 146 valence electrons. The summed E-state index contributed by atoms with van der Waals surface area (Å²) >= 11 is 2.87. The van der Waals surface area contributed by atoms with E-state index in [4.69, 9.17) is 14.5 Å². The molecule has 2 aromatic heterocycles. The van der Waals surface area contributed by atoms with Crippen LogP contribution < -0.4 is 14.8 Å². The summed E-state index contributed by atoms with van der Waals surface area (Å²) in [5.41, 5.74) is 2.79. The highest BCUT2D eigenvalue weighted by atomic mass is 32.2. The molecule has 1 aliphatic rings. The zero-order valence-corrected chi connectivity index (χ0v) is 17.8. The maximum atomic E-state index is 12.3. The molecule has 0 aliphatic carbocycles. The normalized spacial score (nSPS) is 13.1. The average Bonchev–Trinajstić information content (AvgIpc) is 3.26. The lowest BCUT2D eigenvalue weighted by Crippen LogP contribution is -2.15. The van der Waals surface area contributed by atoms with Crippen LogP contribution in [0.25, 0.3) is 10.9 Å². The molecule has 6 nitrogen and oxygen atoms in total. The van der Waals surface area contributed by atoms with Gasteiger partial charge in [0.15, 0.2) is 16.6 Å². The quantitative estimate of drug-likeness (QED) is 0.620. The number of anilines is 1. The number of aromatic nitrogens is 2. The molecule has 0 bridgehead atoms. The molecule has 0 spiro atoms. The Kier molecular flexibility index (Phi) is 4.93. The second-order valence-electron chi connectivity index (χ2n) is 7.63. The first-order valence-electron chi connectivity index (χ1n) is 8.89. The number of amides is 1. The third kappa shape index (κ3) is 3.93. The van der Waals surface area contributed by atoms with Crippen molar-refractivity contribution in [2.45, 2.75) is 38.1 Å². The van der Waals surface area contributed by atoms with Crippen molar-refractivity contribution in [2.24, 2.45) is 0 Å². The molecule has 28 heavy (non-hydrogen) atoms. The van der Waals surface area contributed by atoms with Crippen LogP contribution in [0.2, 0.25) is 0 Å². The van der Waals surface area contributed by atoms with Crippen molar-refractivity contribution in [3.8, 4) is 11.5 Å². The lowest BCUT2D eigenvalue weighted by Gasteiger charge is -2.14. The zero-order chi connectivity index (χ0) is 19.9. The largest absolute Gasteiger partial charge is 0.454 e. The third-order valence-electron chi connectivity index (χ3n) is 4.31. The minimum absolute atomic E-state index is 0.0325. The van der Waals surface area contributed by atoms with Crippen molar-refractivity contribution >= 4 is 45.0 Å². The van der Waals surface area contributed by atoms with Gasteiger partial charge in [0.25, 0.3) is 0 Å². The maximum absolute atomic E-state index is 12.3. The van der Waals surface area contributed by atoms with Crippen LogP contribution in [-0.4, -0.2) is 28.4 Å². The zero-order valence-electron chi connectivity index (χ0n) is 16.2. The van der Waals surface area contributed by atoms with Gasteiger partial charge < -0.3 is 14.8 Å². The van der Waals surface area contributed by atoms with Crippen LogP contribution in [0.4, 0.5) is 5.13 Å². The topological polar surface area (TPSA) is 73.3 Å². The van der Waals surface area contributed by atoms with Crippen molar-refractivity contribution in [1.82, 2.24) is 9.97 Å². The summed E-state index contributed by atoms with van der Waals surface area (Å²) in [5, 5.41) is 7.32. The third-order valence-corrected chi connectivity index (χ3v) is 6.16. The fourth-order valence-corrected chi connectivity index (χ4v) is 4.51. The summed E-state index contributed by atoms with van der Waals surface area (Å²) in [5.74, 6) is 1.63. The van der Waals surface area contributed by atoms with E-state index in [0.717, 1.165) is 32.9 Å². The van der Waals surface area contributed by atoms with Crippen LogP contribution in [0, 0.1) is 6.92 Å². The molecule has 0 radical (unpaired) electrons. The maximum Gasteiger partial charge on any atom is 0.236 e. The lowest BCUT2D eigenvalue weighted by molar-refractivity contribution is -0.113. The number of thioether (sulfide) groups is 1. The molecule has 1 aliphatic heterocycles. The summed E-state index contributed by atoms with van der Waals surface area (Å²) in [7, 11) is 0. The summed E-state index contributed by atoms with van der Waals surface area (Å²) in [6.45, 7) is 8.53. The molecule has 4 rings (SSSR count). The Morgan fingerprint density at radius 3 is 2.68 bits per heavy atom. The summed E-state index contributed by atoms with van der Waals surface area (Å²) in [4.78, 5) is 21.5. The van der Waals surface area contributed by atoms with E-state index in [2.05, 4.69) is 37.1 Å². The number of carbonyl (C=O) groups excluding carboxylic acids is 1. The van der Waals surface area contributed by atoms with E-state index < -0.39 is 0 Å². The smallest absolute Gasteiger partial charge is 0.236 e. The highest BCUT2D eigenvalue weighted by Gasteiger charge is 2.19. The van der Waals surface area contributed by atoms with Crippen LogP contribution in [0.1, 0.15) is 32.0 Å². The van der Waals surface area contributed by atoms with Gasteiger partial charge in [-0.05, 0) is 24.6 Å². The number of carbonyl (C=O) groups is 1. The second-order valence-corrected chi connectivity index (χ2v) is 9.46. The van der Waals surface area contributed by atoms with Gasteiger partial charge in [0, 0.05) is 22.2 Å². The number of pyridine rings is 1. The number of aryl methyl sites for hydroxylation is 1. The Morgan fingerprint density at radius 2 is 1.96 bits per heavy atom. The van der Waals surface area contributed by atoms with Gasteiger partial charge in [-0.15, -0.1) is 11.3 Å². The number of hydrogen-bond donors (Lipinski definition) is 1. The van der Waals surface area contributed by atoms with Crippen molar-refractivity contribution in [2.75, 3.05) is 17.9 Å². The first-order valence-corrected chi connectivity index (χ1v) is 10.8. The molecule has 0 unspecified atom stereocenters. The van der Waals surface area contributed by atoms with Gasteiger partial charge in [-0.1, -0.05) is 32.5 Å². The number of ether oxygens (including phenoxy) is 2. The molecule has 1 amide bonds. The van der Waals surface area contributed by atoms with Crippen molar-refractivity contribution in [1.29, 1.82) is 0 Å². The van der Waals surface area contributed by atoms with Crippen LogP contribution in [-0.2, 0) is 10.2 Å². The number of fused-ring (bicyclic) bond motifs is 2. The van der Waals surface area contributed by atoms with Gasteiger partial charge in [0.2, 0.25) is 12.7 Å².